The molecule has 1 fully saturated rings. The van der Waals surface area contributed by atoms with Crippen LogP contribution in [0.3, 0.4) is 0 Å². The van der Waals surface area contributed by atoms with Crippen molar-refractivity contribution < 1.29 is 8.42 Å². The van der Waals surface area contributed by atoms with Crippen molar-refractivity contribution in [1.82, 2.24) is 5.32 Å². The molecule has 1 aliphatic heterocycles. The fourth-order valence-electron chi connectivity index (χ4n) is 2.24. The average Bonchev–Trinajstić information content (AvgIpc) is 2.61. The van der Waals surface area contributed by atoms with Gasteiger partial charge in [0.15, 0.2) is 9.84 Å². The van der Waals surface area contributed by atoms with E-state index in [9.17, 15) is 8.42 Å². The number of halogens is 1. The molecule has 1 aliphatic rings. The van der Waals surface area contributed by atoms with E-state index < -0.39 is 9.84 Å². The summed E-state index contributed by atoms with van der Waals surface area (Å²) in [6, 6.07) is 6.27. The van der Waals surface area contributed by atoms with E-state index in [0.29, 0.717) is 11.5 Å². The van der Waals surface area contributed by atoms with E-state index in [0.717, 1.165) is 24.0 Å². The highest BCUT2D eigenvalue weighted by Gasteiger charge is 2.27. The fourth-order valence-corrected chi connectivity index (χ4v) is 4.73. The minimum absolute atomic E-state index is 0.277. The summed E-state index contributed by atoms with van der Waals surface area (Å²) in [5, 5.41) is 3.35. The first-order valence-electron chi connectivity index (χ1n) is 6.12. The Hall–Kier alpha value is -0.390. The van der Waals surface area contributed by atoms with Crippen LogP contribution in [0.1, 0.15) is 17.5 Å². The van der Waals surface area contributed by atoms with E-state index in [-0.39, 0.29) is 5.92 Å². The van der Waals surface area contributed by atoms with Crippen molar-refractivity contribution >= 4 is 25.8 Å². The smallest absolute Gasteiger partial charge is 0.150 e. The van der Waals surface area contributed by atoms with Gasteiger partial charge in [0.2, 0.25) is 0 Å². The second-order valence-corrected chi connectivity index (χ2v) is 8.08. The van der Waals surface area contributed by atoms with E-state index >= 15 is 0 Å². The van der Waals surface area contributed by atoms with Crippen molar-refractivity contribution in [3.8, 4) is 0 Å². The normalized spacial score (nSPS) is 22.2. The summed E-state index contributed by atoms with van der Waals surface area (Å²) in [4.78, 5) is 0. The first kappa shape index (κ1) is 14.0. The van der Waals surface area contributed by atoms with Gasteiger partial charge in [-0.2, -0.15) is 0 Å². The second kappa shape index (κ2) is 5.72. The number of nitrogens with one attached hydrogen (secondary N) is 1. The molecule has 1 aromatic rings. The quantitative estimate of drug-likeness (QED) is 0.920. The van der Waals surface area contributed by atoms with Crippen LogP contribution in [0.4, 0.5) is 0 Å². The molecule has 3 nitrogen and oxygen atoms in total. The predicted molar refractivity (Wildman–Crippen MR) is 77.3 cm³/mol. The molecule has 0 bridgehead atoms. The monoisotopic (exact) mass is 331 g/mol. The number of hydrogen-bond donors (Lipinski definition) is 1. The lowest BCUT2D eigenvalue weighted by atomic mass is 10.1. The molecular formula is C13H18BrNO2S. The predicted octanol–water partition coefficient (Wildman–Crippen LogP) is 2.28. The zero-order chi connectivity index (χ0) is 13.2. The third-order valence-corrected chi connectivity index (χ3v) is 5.86. The summed E-state index contributed by atoms with van der Waals surface area (Å²) >= 11 is 3.54. The molecule has 1 aromatic carbocycles. The van der Waals surface area contributed by atoms with E-state index in [1.54, 1.807) is 0 Å². The van der Waals surface area contributed by atoms with Gasteiger partial charge in [-0.3, -0.25) is 0 Å². The number of sulfone groups is 1. The number of rotatable bonds is 4. The highest BCUT2D eigenvalue weighted by molar-refractivity contribution is 9.10. The van der Waals surface area contributed by atoms with Crippen molar-refractivity contribution in [2.75, 3.05) is 18.1 Å². The van der Waals surface area contributed by atoms with Crippen LogP contribution in [-0.2, 0) is 16.4 Å². The minimum Gasteiger partial charge on any atom is -0.312 e. The van der Waals surface area contributed by atoms with Gasteiger partial charge in [-0.15, -0.1) is 0 Å². The molecule has 5 heteroatoms. The summed E-state index contributed by atoms with van der Waals surface area (Å²) in [7, 11) is -2.75. The molecule has 0 radical (unpaired) electrons. The van der Waals surface area contributed by atoms with Gasteiger partial charge in [-0.25, -0.2) is 8.42 Å². The largest absolute Gasteiger partial charge is 0.312 e. The Morgan fingerprint density at radius 3 is 2.83 bits per heavy atom. The topological polar surface area (TPSA) is 46.2 Å². The summed E-state index contributed by atoms with van der Waals surface area (Å²) in [5.41, 5.74) is 2.44. The molecule has 0 amide bonds. The summed E-state index contributed by atoms with van der Waals surface area (Å²) in [6.07, 6.45) is 0.796. The van der Waals surface area contributed by atoms with Gasteiger partial charge in [0, 0.05) is 11.0 Å². The van der Waals surface area contributed by atoms with Gasteiger partial charge in [0.25, 0.3) is 0 Å². The fraction of sp³-hybridized carbons (Fsp3) is 0.538. The molecule has 0 saturated carbocycles. The van der Waals surface area contributed by atoms with Crippen LogP contribution in [0, 0.1) is 12.8 Å². The first-order valence-corrected chi connectivity index (χ1v) is 8.74. The maximum atomic E-state index is 11.3. The van der Waals surface area contributed by atoms with Gasteiger partial charge < -0.3 is 5.32 Å². The molecule has 2 rings (SSSR count). The van der Waals surface area contributed by atoms with Gasteiger partial charge in [0.1, 0.15) is 0 Å². The Kier molecular flexibility index (Phi) is 4.45. The number of benzene rings is 1. The van der Waals surface area contributed by atoms with Crippen LogP contribution in [0.5, 0.6) is 0 Å². The Morgan fingerprint density at radius 2 is 2.22 bits per heavy atom. The lowest BCUT2D eigenvalue weighted by Gasteiger charge is -2.11. The van der Waals surface area contributed by atoms with Gasteiger partial charge in [0.05, 0.1) is 11.5 Å². The van der Waals surface area contributed by atoms with Crippen LogP contribution in [0.25, 0.3) is 0 Å². The molecule has 1 heterocycles. The molecule has 1 atom stereocenters. The molecule has 1 N–H and O–H groups in total. The van der Waals surface area contributed by atoms with Crippen molar-refractivity contribution in [2.45, 2.75) is 19.9 Å². The van der Waals surface area contributed by atoms with Crippen LogP contribution < -0.4 is 5.32 Å². The van der Waals surface area contributed by atoms with E-state index in [1.807, 2.05) is 0 Å². The van der Waals surface area contributed by atoms with Crippen LogP contribution in [-0.4, -0.2) is 26.5 Å². The van der Waals surface area contributed by atoms with E-state index in [1.165, 1.54) is 11.1 Å². The maximum absolute atomic E-state index is 11.3. The van der Waals surface area contributed by atoms with Crippen LogP contribution >= 0.6 is 15.9 Å². The summed E-state index contributed by atoms with van der Waals surface area (Å²) in [5.74, 6) is 0.974. The molecule has 1 saturated heterocycles. The van der Waals surface area contributed by atoms with Gasteiger partial charge in [-0.1, -0.05) is 28.1 Å². The lowest BCUT2D eigenvalue weighted by Crippen LogP contribution is -2.23. The Morgan fingerprint density at radius 1 is 1.44 bits per heavy atom. The Balaban J connectivity index is 1.82. The SMILES string of the molecule is Cc1ccc(CNCC2CCS(=O)(=O)C2)c(Br)c1. The molecule has 0 aliphatic carbocycles. The molecule has 0 spiro atoms. The molecule has 1 unspecified atom stereocenters. The molecular weight excluding hydrogens is 314 g/mol. The van der Waals surface area contributed by atoms with E-state index in [4.69, 9.17) is 0 Å². The molecule has 100 valence electrons. The Labute approximate surface area is 117 Å². The number of hydrogen-bond acceptors (Lipinski definition) is 3. The number of aryl methyl sites for hydroxylation is 1. The highest BCUT2D eigenvalue weighted by atomic mass is 79.9. The second-order valence-electron chi connectivity index (χ2n) is 4.99. The van der Waals surface area contributed by atoms with Crippen molar-refractivity contribution in [2.24, 2.45) is 5.92 Å². The summed E-state index contributed by atoms with van der Waals surface area (Å²) in [6.45, 7) is 3.61. The third-order valence-electron chi connectivity index (χ3n) is 3.28. The highest BCUT2D eigenvalue weighted by Crippen LogP contribution is 2.20. The summed E-state index contributed by atoms with van der Waals surface area (Å²) < 4.78 is 23.8. The van der Waals surface area contributed by atoms with Crippen molar-refractivity contribution in [1.29, 1.82) is 0 Å². The van der Waals surface area contributed by atoms with Gasteiger partial charge in [-0.05, 0) is 43.0 Å². The molecule has 18 heavy (non-hydrogen) atoms. The van der Waals surface area contributed by atoms with Crippen molar-refractivity contribution in [3.05, 3.63) is 33.8 Å². The molecule has 0 aromatic heterocycles. The van der Waals surface area contributed by atoms with Crippen LogP contribution in [0.15, 0.2) is 22.7 Å². The van der Waals surface area contributed by atoms with E-state index in [2.05, 4.69) is 46.4 Å². The average molecular weight is 332 g/mol. The van der Waals surface area contributed by atoms with Gasteiger partial charge >= 0.3 is 0 Å². The minimum atomic E-state index is -2.75. The Bertz CT molecular complexity index is 528. The standard InChI is InChI=1S/C13H18BrNO2S/c1-10-2-3-12(13(14)6-10)8-15-7-11-4-5-18(16,17)9-11/h2-3,6,11,15H,4-5,7-9H2,1H3. The lowest BCUT2D eigenvalue weighted by molar-refractivity contribution is 0.520. The zero-order valence-electron chi connectivity index (χ0n) is 10.4. The van der Waals surface area contributed by atoms with Crippen LogP contribution in [0.2, 0.25) is 0 Å². The zero-order valence-corrected chi connectivity index (χ0v) is 12.9. The maximum Gasteiger partial charge on any atom is 0.150 e. The van der Waals surface area contributed by atoms with Crippen molar-refractivity contribution in [3.63, 3.8) is 0 Å². The third kappa shape index (κ3) is 3.80. The first-order chi connectivity index (χ1) is 8.46.